The maximum Gasteiger partial charge on any atom is 0.303 e. The summed E-state index contributed by atoms with van der Waals surface area (Å²) in [6.45, 7) is -0.256. The van der Waals surface area contributed by atoms with E-state index in [2.05, 4.69) is 10.6 Å². The number of fused-ring (bicyclic) bond motifs is 2. The first kappa shape index (κ1) is 31.6. The van der Waals surface area contributed by atoms with Gasteiger partial charge in [0.1, 0.15) is 11.8 Å². The first-order valence-electron chi connectivity index (χ1n) is 14.3. The highest BCUT2D eigenvalue weighted by Crippen LogP contribution is 2.28. The molecule has 0 spiro atoms. The van der Waals surface area contributed by atoms with E-state index < -0.39 is 41.9 Å². The van der Waals surface area contributed by atoms with Crippen LogP contribution in [-0.2, 0) is 20.8 Å². The summed E-state index contributed by atoms with van der Waals surface area (Å²) in [5.41, 5.74) is 0.698. The molecular formula is C34H30N2O7S2. The topological polar surface area (TPSA) is 150 Å². The number of hydrogen-bond donors (Lipinski definition) is 4. The number of rotatable bonds is 14. The minimum atomic E-state index is -1.21. The molecule has 45 heavy (non-hydrogen) atoms. The Labute approximate surface area is 266 Å². The zero-order valence-electron chi connectivity index (χ0n) is 24.0. The van der Waals surface area contributed by atoms with Gasteiger partial charge in [0.25, 0.3) is 5.91 Å². The maximum absolute atomic E-state index is 13.8. The van der Waals surface area contributed by atoms with Crippen LogP contribution >= 0.6 is 22.7 Å². The third kappa shape index (κ3) is 8.20. The van der Waals surface area contributed by atoms with E-state index in [1.165, 1.54) is 34.8 Å². The lowest BCUT2D eigenvalue weighted by Crippen LogP contribution is -2.50. The Hall–Kier alpha value is -4.87. The average molecular weight is 643 g/mol. The van der Waals surface area contributed by atoms with E-state index in [0.29, 0.717) is 15.3 Å². The van der Waals surface area contributed by atoms with E-state index in [9.17, 15) is 29.1 Å². The molecule has 5 aromatic rings. The van der Waals surface area contributed by atoms with E-state index in [4.69, 9.17) is 5.11 Å². The molecule has 0 aliphatic carbocycles. The summed E-state index contributed by atoms with van der Waals surface area (Å²) in [7, 11) is 0. The van der Waals surface area contributed by atoms with Crippen LogP contribution < -0.4 is 10.6 Å². The molecule has 0 radical (unpaired) electrons. The number of Topliss-reactive ketones (excluding diaryl/α,β-unsaturated/α-hetero) is 2. The second-order valence-electron chi connectivity index (χ2n) is 10.6. The molecule has 2 amide bonds. The Morgan fingerprint density at radius 1 is 0.756 bits per heavy atom. The van der Waals surface area contributed by atoms with Crippen molar-refractivity contribution in [2.45, 2.75) is 31.7 Å². The number of thiophene rings is 2. The highest BCUT2D eigenvalue weighted by Gasteiger charge is 2.29. The normalized spacial score (nSPS) is 12.4. The quantitative estimate of drug-likeness (QED) is 0.115. The first-order valence-corrected chi connectivity index (χ1v) is 15.9. The number of hydrogen-bond acceptors (Lipinski definition) is 8. The van der Waals surface area contributed by atoms with E-state index in [1.807, 2.05) is 48.5 Å². The number of aromatic hydroxyl groups is 1. The molecule has 11 heteroatoms. The number of phenols is 1. The molecule has 230 valence electrons. The largest absolute Gasteiger partial charge is 0.508 e. The Kier molecular flexibility index (Phi) is 10.0. The fraction of sp³-hybridized carbons (Fsp3) is 0.206. The zero-order chi connectivity index (χ0) is 31.9. The number of carboxylic acids is 1. The summed E-state index contributed by atoms with van der Waals surface area (Å²) in [6.07, 6.45) is -0.782. The number of aliphatic carboxylic acids is 1. The van der Waals surface area contributed by atoms with Gasteiger partial charge < -0.3 is 20.8 Å². The molecule has 2 aromatic heterocycles. The number of carbonyl (C=O) groups excluding carboxylic acids is 4. The molecule has 3 aromatic carbocycles. The molecule has 0 saturated carbocycles. The number of nitrogens with one attached hydrogen (secondary N) is 2. The van der Waals surface area contributed by atoms with Crippen molar-refractivity contribution in [2.75, 3.05) is 6.54 Å². The van der Waals surface area contributed by atoms with Gasteiger partial charge in [0.2, 0.25) is 5.91 Å². The number of ketones is 2. The molecule has 2 heterocycles. The average Bonchev–Trinajstić information content (AvgIpc) is 3.67. The number of phenolic OH excluding ortho intramolecular Hbond substituents is 1. The van der Waals surface area contributed by atoms with Crippen LogP contribution in [0.4, 0.5) is 0 Å². The second-order valence-corrected chi connectivity index (χ2v) is 12.8. The fourth-order valence-electron chi connectivity index (χ4n) is 4.93. The third-order valence-corrected chi connectivity index (χ3v) is 9.60. The summed E-state index contributed by atoms with van der Waals surface area (Å²) in [4.78, 5) is 65.4. The Morgan fingerprint density at radius 3 is 1.98 bits per heavy atom. The molecule has 4 N–H and O–H groups in total. The highest BCUT2D eigenvalue weighted by molar-refractivity contribution is 7.21. The number of carbonyl (C=O) groups is 5. The van der Waals surface area contributed by atoms with Gasteiger partial charge in [-0.1, -0.05) is 48.5 Å². The lowest BCUT2D eigenvalue weighted by atomic mass is 9.92. The molecule has 0 fully saturated rings. The van der Waals surface area contributed by atoms with Crippen molar-refractivity contribution in [1.82, 2.24) is 10.6 Å². The molecule has 0 aliphatic rings. The molecule has 0 saturated heterocycles. The van der Waals surface area contributed by atoms with Crippen LogP contribution in [0, 0.1) is 5.92 Å². The summed E-state index contributed by atoms with van der Waals surface area (Å²) < 4.78 is 1.87. The Morgan fingerprint density at radius 2 is 1.36 bits per heavy atom. The monoisotopic (exact) mass is 642 g/mol. The van der Waals surface area contributed by atoms with Crippen LogP contribution in [0.25, 0.3) is 20.2 Å². The summed E-state index contributed by atoms with van der Waals surface area (Å²) in [6, 6.07) is 23.7. The number of carboxylic acid groups (broad SMARTS) is 1. The van der Waals surface area contributed by atoms with Crippen molar-refractivity contribution in [3.63, 3.8) is 0 Å². The van der Waals surface area contributed by atoms with Gasteiger partial charge in [-0.15, -0.1) is 22.7 Å². The Bertz CT molecular complexity index is 1810. The van der Waals surface area contributed by atoms with Gasteiger partial charge in [-0.05, 0) is 59.2 Å². The van der Waals surface area contributed by atoms with E-state index >= 15 is 0 Å². The van der Waals surface area contributed by atoms with Crippen LogP contribution in [-0.4, -0.2) is 52.1 Å². The molecular weight excluding hydrogens is 613 g/mol. The van der Waals surface area contributed by atoms with Gasteiger partial charge in [0.05, 0.1) is 16.2 Å². The number of benzene rings is 3. The van der Waals surface area contributed by atoms with Crippen molar-refractivity contribution >= 4 is 72.2 Å². The van der Waals surface area contributed by atoms with Crippen molar-refractivity contribution in [3.8, 4) is 5.75 Å². The van der Waals surface area contributed by atoms with Gasteiger partial charge in [-0.25, -0.2) is 0 Å². The van der Waals surface area contributed by atoms with Crippen LogP contribution in [0.1, 0.15) is 44.2 Å². The molecule has 0 bridgehead atoms. The minimum absolute atomic E-state index is 0.0552. The Balaban J connectivity index is 1.34. The predicted molar refractivity (Wildman–Crippen MR) is 174 cm³/mol. The van der Waals surface area contributed by atoms with Crippen LogP contribution in [0.3, 0.4) is 0 Å². The number of amides is 2. The van der Waals surface area contributed by atoms with E-state index in [1.54, 1.807) is 24.3 Å². The zero-order valence-corrected chi connectivity index (χ0v) is 25.7. The first-order chi connectivity index (χ1) is 21.7. The van der Waals surface area contributed by atoms with Crippen molar-refractivity contribution < 1.29 is 34.2 Å². The van der Waals surface area contributed by atoms with Crippen molar-refractivity contribution in [1.29, 1.82) is 0 Å². The summed E-state index contributed by atoms with van der Waals surface area (Å²) in [5.74, 6) is -3.80. The van der Waals surface area contributed by atoms with Crippen LogP contribution in [0.2, 0.25) is 0 Å². The highest BCUT2D eigenvalue weighted by atomic mass is 32.1. The molecule has 9 nitrogen and oxygen atoms in total. The summed E-state index contributed by atoms with van der Waals surface area (Å²) >= 11 is 2.63. The molecule has 2 unspecified atom stereocenters. The van der Waals surface area contributed by atoms with Gasteiger partial charge in [0, 0.05) is 34.7 Å². The van der Waals surface area contributed by atoms with Crippen molar-refractivity contribution in [3.05, 3.63) is 100 Å². The lowest BCUT2D eigenvalue weighted by Gasteiger charge is -2.22. The standard InChI is InChI=1S/C34H30N2O7S2/c37-24-11-9-20(10-12-24)15-23(16-27(39)30-17-21-5-1-3-7-28(21)44-30)33(42)36-25(26(38)13-14-32(40)41)19-35-34(43)31-18-22-6-2-4-8-29(22)45-31/h1-12,17-18,23,25,37H,13-16,19H2,(H,35,43)(H,36,42)(H,40,41). The predicted octanol–water partition coefficient (Wildman–Crippen LogP) is 5.60. The minimum Gasteiger partial charge on any atom is -0.508 e. The van der Waals surface area contributed by atoms with Gasteiger partial charge in [-0.3, -0.25) is 24.0 Å². The van der Waals surface area contributed by atoms with Crippen molar-refractivity contribution in [2.24, 2.45) is 5.92 Å². The molecule has 0 aliphatic heterocycles. The lowest BCUT2D eigenvalue weighted by molar-refractivity contribution is -0.139. The molecule has 5 rings (SSSR count). The molecule has 2 atom stereocenters. The van der Waals surface area contributed by atoms with E-state index in [-0.39, 0.29) is 37.3 Å². The smallest absolute Gasteiger partial charge is 0.303 e. The SMILES string of the molecule is O=C(O)CCC(=O)C(CNC(=O)c1cc2ccccc2s1)NC(=O)C(CC(=O)c1cc2ccccc2s1)Cc1ccc(O)cc1. The fourth-order valence-corrected chi connectivity index (χ4v) is 6.92. The van der Waals surface area contributed by atoms with E-state index in [0.717, 1.165) is 20.2 Å². The second kappa shape index (κ2) is 14.3. The van der Waals surface area contributed by atoms with Crippen LogP contribution in [0.5, 0.6) is 5.75 Å². The van der Waals surface area contributed by atoms with Gasteiger partial charge >= 0.3 is 5.97 Å². The van der Waals surface area contributed by atoms with Gasteiger partial charge in [-0.2, -0.15) is 0 Å². The van der Waals surface area contributed by atoms with Crippen LogP contribution in [0.15, 0.2) is 84.9 Å². The van der Waals surface area contributed by atoms with Gasteiger partial charge in [0.15, 0.2) is 11.6 Å². The third-order valence-electron chi connectivity index (χ3n) is 7.33. The maximum atomic E-state index is 13.8. The summed E-state index contributed by atoms with van der Waals surface area (Å²) in [5, 5.41) is 26.1.